The van der Waals surface area contributed by atoms with E-state index in [9.17, 15) is 13.2 Å². The van der Waals surface area contributed by atoms with Crippen molar-refractivity contribution in [2.24, 2.45) is 0 Å². The number of nitrogens with one attached hydrogen (secondary N) is 1. The van der Waals surface area contributed by atoms with Gasteiger partial charge >= 0.3 is 6.18 Å². The molecule has 0 bridgehead atoms. The second-order valence-corrected chi connectivity index (χ2v) is 8.02. The highest BCUT2D eigenvalue weighted by Gasteiger charge is 2.33. The molecule has 1 saturated carbocycles. The Morgan fingerprint density at radius 2 is 1.62 bits per heavy atom. The summed E-state index contributed by atoms with van der Waals surface area (Å²) in [6, 6.07) is 13.9. The van der Waals surface area contributed by atoms with Crippen LogP contribution in [0.4, 0.5) is 24.0 Å². The fraction of sp³-hybridized carbons (Fsp3) is 0.318. The molecule has 154 valence electrons. The van der Waals surface area contributed by atoms with Crippen LogP contribution in [0.15, 0.2) is 53.9 Å². The van der Waals surface area contributed by atoms with E-state index in [2.05, 4.69) is 34.6 Å². The number of hydrogen-bond acceptors (Lipinski definition) is 3. The summed E-state index contributed by atoms with van der Waals surface area (Å²) in [5, 5.41) is 5.14. The first-order valence-corrected chi connectivity index (χ1v) is 10.4. The highest BCUT2D eigenvalue weighted by Crippen LogP contribution is 2.37. The number of para-hydroxylation sites is 1. The zero-order chi connectivity index (χ0) is 19.6. The first kappa shape index (κ1) is 21.7. The van der Waals surface area contributed by atoms with Crippen molar-refractivity contribution in [2.75, 3.05) is 5.32 Å². The molecule has 0 aliphatic heterocycles. The molecule has 0 saturated heterocycles. The van der Waals surface area contributed by atoms with Gasteiger partial charge in [-0.2, -0.15) is 13.2 Å². The van der Waals surface area contributed by atoms with Crippen molar-refractivity contribution in [1.29, 1.82) is 0 Å². The molecule has 4 rings (SSSR count). The standard InChI is InChI=1S/C22H21F3N2S.ClH/c23-22(24,25)18-8-4-5-9-19(18)26-21-27-20(14-28-21)17-12-10-16(11-13-17)15-6-2-1-3-7-15;/h4-5,8-15H,1-3,6-7H2,(H,26,27);1H. The smallest absolute Gasteiger partial charge is 0.331 e. The summed E-state index contributed by atoms with van der Waals surface area (Å²) < 4.78 is 39.5. The van der Waals surface area contributed by atoms with Crippen LogP contribution < -0.4 is 5.32 Å². The van der Waals surface area contributed by atoms with Gasteiger partial charge in [0.05, 0.1) is 16.9 Å². The maximum atomic E-state index is 13.2. The Balaban J connectivity index is 0.00000240. The zero-order valence-corrected chi connectivity index (χ0v) is 17.3. The molecule has 0 atom stereocenters. The highest BCUT2D eigenvalue weighted by molar-refractivity contribution is 7.14. The number of anilines is 2. The van der Waals surface area contributed by atoms with Crippen molar-refractivity contribution in [1.82, 2.24) is 4.98 Å². The molecule has 1 aromatic heterocycles. The lowest BCUT2D eigenvalue weighted by molar-refractivity contribution is -0.136. The highest BCUT2D eigenvalue weighted by atomic mass is 35.5. The SMILES string of the molecule is Cl.FC(F)(F)c1ccccc1Nc1nc(-c2ccc(C3CCCCC3)cc2)cs1. The number of benzene rings is 2. The number of alkyl halides is 3. The second-order valence-electron chi connectivity index (χ2n) is 7.16. The van der Waals surface area contributed by atoms with Gasteiger partial charge in [0.2, 0.25) is 0 Å². The van der Waals surface area contributed by atoms with Crippen molar-refractivity contribution < 1.29 is 13.2 Å². The lowest BCUT2D eigenvalue weighted by atomic mass is 9.84. The van der Waals surface area contributed by atoms with Crippen LogP contribution in [-0.4, -0.2) is 4.98 Å². The summed E-state index contributed by atoms with van der Waals surface area (Å²) in [6.45, 7) is 0. The minimum absolute atomic E-state index is 0. The van der Waals surface area contributed by atoms with Crippen molar-refractivity contribution in [2.45, 2.75) is 44.2 Å². The van der Waals surface area contributed by atoms with E-state index in [0.29, 0.717) is 11.0 Å². The molecule has 7 heteroatoms. The quantitative estimate of drug-likeness (QED) is 0.445. The van der Waals surface area contributed by atoms with Gasteiger partial charge in [-0.05, 0) is 36.5 Å². The number of aromatic nitrogens is 1. The summed E-state index contributed by atoms with van der Waals surface area (Å²) in [5.41, 5.74) is 2.45. The van der Waals surface area contributed by atoms with Crippen molar-refractivity contribution >= 4 is 34.6 Å². The van der Waals surface area contributed by atoms with Crippen LogP contribution in [0, 0.1) is 0 Å². The first-order valence-electron chi connectivity index (χ1n) is 9.50. The lowest BCUT2D eigenvalue weighted by Gasteiger charge is -2.22. The molecule has 0 unspecified atom stereocenters. The minimum Gasteiger partial charge on any atom is -0.331 e. The monoisotopic (exact) mass is 438 g/mol. The third-order valence-corrected chi connectivity index (χ3v) is 6.02. The molecule has 1 N–H and O–H groups in total. The maximum absolute atomic E-state index is 13.2. The van der Waals surface area contributed by atoms with Gasteiger partial charge in [0, 0.05) is 10.9 Å². The molecule has 1 aliphatic carbocycles. The summed E-state index contributed by atoms with van der Waals surface area (Å²) in [6.07, 6.45) is 2.03. The van der Waals surface area contributed by atoms with Crippen molar-refractivity contribution in [3.05, 3.63) is 65.0 Å². The van der Waals surface area contributed by atoms with Gasteiger partial charge in [-0.25, -0.2) is 4.98 Å². The van der Waals surface area contributed by atoms with Gasteiger partial charge < -0.3 is 5.32 Å². The van der Waals surface area contributed by atoms with E-state index in [-0.39, 0.29) is 18.1 Å². The molecule has 1 heterocycles. The second kappa shape index (κ2) is 9.18. The van der Waals surface area contributed by atoms with E-state index in [4.69, 9.17) is 0 Å². The molecule has 0 radical (unpaired) electrons. The van der Waals surface area contributed by atoms with E-state index >= 15 is 0 Å². The Morgan fingerprint density at radius 1 is 0.931 bits per heavy atom. The van der Waals surface area contributed by atoms with Crippen LogP contribution in [0.2, 0.25) is 0 Å². The first-order chi connectivity index (χ1) is 13.5. The van der Waals surface area contributed by atoms with Crippen LogP contribution >= 0.6 is 23.7 Å². The molecule has 29 heavy (non-hydrogen) atoms. The minimum atomic E-state index is -4.40. The van der Waals surface area contributed by atoms with E-state index in [0.717, 1.165) is 17.3 Å². The van der Waals surface area contributed by atoms with Crippen LogP contribution in [0.25, 0.3) is 11.3 Å². The van der Waals surface area contributed by atoms with Crippen molar-refractivity contribution in [3.8, 4) is 11.3 Å². The van der Waals surface area contributed by atoms with Gasteiger partial charge in [-0.15, -0.1) is 23.7 Å². The van der Waals surface area contributed by atoms with E-state index < -0.39 is 11.7 Å². The van der Waals surface area contributed by atoms with E-state index in [1.807, 2.05) is 5.38 Å². The zero-order valence-electron chi connectivity index (χ0n) is 15.7. The predicted octanol–water partition coefficient (Wildman–Crippen LogP) is 8.04. The summed E-state index contributed by atoms with van der Waals surface area (Å²) >= 11 is 1.30. The van der Waals surface area contributed by atoms with Crippen LogP contribution in [0.5, 0.6) is 0 Å². The van der Waals surface area contributed by atoms with Crippen LogP contribution in [0.3, 0.4) is 0 Å². The number of hydrogen-bond donors (Lipinski definition) is 1. The van der Waals surface area contributed by atoms with E-state index in [1.165, 1.54) is 61.1 Å². The Morgan fingerprint density at radius 3 is 2.31 bits per heavy atom. The average Bonchev–Trinajstić information content (AvgIpc) is 3.17. The normalized spacial score (nSPS) is 15.0. The molecular formula is C22H22ClF3N2S. The molecule has 2 nitrogen and oxygen atoms in total. The summed E-state index contributed by atoms with van der Waals surface area (Å²) in [7, 11) is 0. The molecule has 3 aromatic rings. The number of rotatable bonds is 4. The molecule has 2 aromatic carbocycles. The number of nitrogens with zero attached hydrogens (tertiary/aromatic N) is 1. The molecule has 0 amide bonds. The third-order valence-electron chi connectivity index (χ3n) is 5.26. The predicted molar refractivity (Wildman–Crippen MR) is 115 cm³/mol. The van der Waals surface area contributed by atoms with E-state index in [1.54, 1.807) is 6.07 Å². The van der Waals surface area contributed by atoms with Gasteiger partial charge in [0.1, 0.15) is 0 Å². The third kappa shape index (κ3) is 5.11. The number of halogens is 4. The molecular weight excluding hydrogens is 417 g/mol. The Bertz CT molecular complexity index is 932. The molecule has 0 spiro atoms. The van der Waals surface area contributed by atoms with Gasteiger partial charge in [-0.1, -0.05) is 55.7 Å². The molecule has 1 fully saturated rings. The van der Waals surface area contributed by atoms with Gasteiger partial charge in [-0.3, -0.25) is 0 Å². The summed E-state index contributed by atoms with van der Waals surface area (Å²) in [4.78, 5) is 4.48. The van der Waals surface area contributed by atoms with Crippen LogP contribution in [-0.2, 0) is 6.18 Å². The number of thiazole rings is 1. The van der Waals surface area contributed by atoms with Gasteiger partial charge in [0.15, 0.2) is 5.13 Å². The molecule has 1 aliphatic rings. The fourth-order valence-electron chi connectivity index (χ4n) is 3.78. The average molecular weight is 439 g/mol. The Kier molecular flexibility index (Phi) is 6.85. The van der Waals surface area contributed by atoms with Crippen LogP contribution in [0.1, 0.15) is 49.1 Å². The van der Waals surface area contributed by atoms with Gasteiger partial charge in [0.25, 0.3) is 0 Å². The maximum Gasteiger partial charge on any atom is 0.418 e. The largest absolute Gasteiger partial charge is 0.418 e. The fourth-order valence-corrected chi connectivity index (χ4v) is 4.51. The Hall–Kier alpha value is -2.05. The lowest BCUT2D eigenvalue weighted by Crippen LogP contribution is -2.08. The summed E-state index contributed by atoms with van der Waals surface area (Å²) in [5.74, 6) is 0.648. The van der Waals surface area contributed by atoms with Crippen molar-refractivity contribution in [3.63, 3.8) is 0 Å². The topological polar surface area (TPSA) is 24.9 Å². The Labute approximate surface area is 178 Å².